The lowest BCUT2D eigenvalue weighted by atomic mass is 10.2. The molecule has 0 saturated carbocycles. The van der Waals surface area contributed by atoms with Crippen LogP contribution in [0.3, 0.4) is 0 Å². The number of ether oxygens (including phenoxy) is 1. The number of nitrogens with zero attached hydrogens (tertiary/aromatic N) is 3. The molecule has 2 heterocycles. The molecule has 0 aliphatic heterocycles. The summed E-state index contributed by atoms with van der Waals surface area (Å²) >= 11 is 0. The minimum Gasteiger partial charge on any atom is -0.497 e. The fourth-order valence-corrected chi connectivity index (χ4v) is 2.80. The highest BCUT2D eigenvalue weighted by molar-refractivity contribution is 5.63. The molecule has 4 rings (SSSR count). The second kappa shape index (κ2) is 7.07. The molecule has 2 aromatic heterocycles. The maximum atomic E-state index is 14.0. The summed E-state index contributed by atoms with van der Waals surface area (Å²) < 4.78 is 34.1. The third-order valence-corrected chi connectivity index (χ3v) is 4.09. The number of pyridine rings is 1. The maximum Gasteiger partial charge on any atom is 0.192 e. The van der Waals surface area contributed by atoms with Crippen molar-refractivity contribution in [2.75, 3.05) is 7.11 Å². The third kappa shape index (κ3) is 3.27. The van der Waals surface area contributed by atoms with Gasteiger partial charge in [-0.3, -0.25) is 4.79 Å². The number of benzene rings is 2. The summed E-state index contributed by atoms with van der Waals surface area (Å²) in [6.45, 7) is 0. The second-order valence-electron chi connectivity index (χ2n) is 5.95. The van der Waals surface area contributed by atoms with E-state index in [9.17, 15) is 13.6 Å². The molecule has 4 aromatic rings. The van der Waals surface area contributed by atoms with Gasteiger partial charge in [0.2, 0.25) is 0 Å². The Morgan fingerprint density at radius 3 is 2.68 bits per heavy atom. The van der Waals surface area contributed by atoms with Crippen molar-refractivity contribution < 1.29 is 13.5 Å². The zero-order valence-electron chi connectivity index (χ0n) is 14.7. The van der Waals surface area contributed by atoms with Gasteiger partial charge in [0, 0.05) is 36.2 Å². The molecule has 0 radical (unpaired) electrons. The number of hydrogen-bond donors (Lipinski definition) is 1. The van der Waals surface area contributed by atoms with Crippen molar-refractivity contribution in [3.8, 4) is 34.2 Å². The van der Waals surface area contributed by atoms with Crippen molar-refractivity contribution in [1.29, 1.82) is 0 Å². The van der Waals surface area contributed by atoms with Gasteiger partial charge in [-0.05, 0) is 18.2 Å². The number of halogens is 2. The van der Waals surface area contributed by atoms with E-state index in [1.165, 1.54) is 60.6 Å². The van der Waals surface area contributed by atoms with E-state index in [-0.39, 0.29) is 28.4 Å². The summed E-state index contributed by atoms with van der Waals surface area (Å²) in [7, 11) is 1.42. The predicted octanol–water partition coefficient (Wildman–Crippen LogP) is 3.58. The van der Waals surface area contributed by atoms with Gasteiger partial charge < -0.3 is 9.72 Å². The van der Waals surface area contributed by atoms with E-state index in [2.05, 4.69) is 15.1 Å². The molecule has 0 aliphatic rings. The highest BCUT2D eigenvalue weighted by atomic mass is 19.1. The van der Waals surface area contributed by atoms with Crippen molar-refractivity contribution in [2.45, 2.75) is 0 Å². The quantitative estimate of drug-likeness (QED) is 0.587. The first kappa shape index (κ1) is 17.6. The Morgan fingerprint density at radius 1 is 1.07 bits per heavy atom. The zero-order chi connectivity index (χ0) is 19.7. The fraction of sp³-hybridized carbons (Fsp3) is 0.0500. The number of methoxy groups -OCH3 is 1. The molecule has 1 N–H and O–H groups in total. The second-order valence-corrected chi connectivity index (χ2v) is 5.95. The first-order valence-corrected chi connectivity index (χ1v) is 8.30. The monoisotopic (exact) mass is 380 g/mol. The molecule has 0 bridgehead atoms. The summed E-state index contributed by atoms with van der Waals surface area (Å²) in [6.07, 6.45) is 2.97. The minimum absolute atomic E-state index is 0.189. The zero-order valence-corrected chi connectivity index (χ0v) is 14.7. The average molecular weight is 380 g/mol. The number of nitrogens with one attached hydrogen (secondary N) is 1. The van der Waals surface area contributed by atoms with Gasteiger partial charge in [-0.2, -0.15) is 0 Å². The average Bonchev–Trinajstić information content (AvgIpc) is 3.13. The molecule has 8 heteroatoms. The van der Waals surface area contributed by atoms with Crippen LogP contribution in [0.4, 0.5) is 8.78 Å². The van der Waals surface area contributed by atoms with Gasteiger partial charge in [-0.15, -0.1) is 5.10 Å². The maximum absolute atomic E-state index is 14.0. The fourth-order valence-electron chi connectivity index (χ4n) is 2.80. The largest absolute Gasteiger partial charge is 0.497 e. The van der Waals surface area contributed by atoms with E-state index in [4.69, 9.17) is 4.74 Å². The van der Waals surface area contributed by atoms with Crippen LogP contribution in [0, 0.1) is 11.6 Å². The van der Waals surface area contributed by atoms with Crippen molar-refractivity contribution in [3.05, 3.63) is 82.8 Å². The molecule has 0 amide bonds. The Labute approximate surface area is 158 Å². The van der Waals surface area contributed by atoms with Crippen LogP contribution in [0.1, 0.15) is 0 Å². The topological polar surface area (TPSA) is 72.8 Å². The Balaban J connectivity index is 1.98. The Morgan fingerprint density at radius 2 is 1.93 bits per heavy atom. The standard InChI is InChI=1S/C20H14F2N4O2/c1-28-16-9-14(22)8-15(10-16)26-20(17-11-23-6-5-18(17)27)24-19(25-26)12-3-2-4-13(21)7-12/h2-11H,1H3,(H,23,27). The highest BCUT2D eigenvalue weighted by Crippen LogP contribution is 2.26. The summed E-state index contributed by atoms with van der Waals surface area (Å²) in [6, 6.07) is 11.2. The van der Waals surface area contributed by atoms with E-state index in [1.54, 1.807) is 12.1 Å². The summed E-state index contributed by atoms with van der Waals surface area (Å²) in [5.41, 5.74) is 0.684. The molecule has 6 nitrogen and oxygen atoms in total. The van der Waals surface area contributed by atoms with E-state index >= 15 is 0 Å². The van der Waals surface area contributed by atoms with Gasteiger partial charge in [-0.1, -0.05) is 12.1 Å². The van der Waals surface area contributed by atoms with Crippen LogP contribution in [0.15, 0.2) is 65.7 Å². The van der Waals surface area contributed by atoms with E-state index in [1.807, 2.05) is 0 Å². The van der Waals surface area contributed by atoms with Crippen LogP contribution < -0.4 is 10.2 Å². The van der Waals surface area contributed by atoms with Crippen LogP contribution in [-0.4, -0.2) is 26.9 Å². The van der Waals surface area contributed by atoms with Crippen LogP contribution in [-0.2, 0) is 0 Å². The molecule has 0 saturated heterocycles. The van der Waals surface area contributed by atoms with Crippen LogP contribution in [0.5, 0.6) is 5.75 Å². The van der Waals surface area contributed by atoms with Gasteiger partial charge in [0.25, 0.3) is 0 Å². The van der Waals surface area contributed by atoms with E-state index < -0.39 is 11.6 Å². The number of aromatic nitrogens is 4. The number of H-pyrrole nitrogens is 1. The van der Waals surface area contributed by atoms with Gasteiger partial charge in [0.05, 0.1) is 18.4 Å². The first-order chi connectivity index (χ1) is 13.5. The van der Waals surface area contributed by atoms with Crippen LogP contribution >= 0.6 is 0 Å². The lowest BCUT2D eigenvalue weighted by Gasteiger charge is -2.08. The smallest absolute Gasteiger partial charge is 0.192 e. The number of aromatic amines is 1. The molecule has 0 atom stereocenters. The number of rotatable bonds is 4. The van der Waals surface area contributed by atoms with E-state index in [0.29, 0.717) is 11.3 Å². The van der Waals surface area contributed by atoms with Crippen molar-refractivity contribution in [3.63, 3.8) is 0 Å². The predicted molar refractivity (Wildman–Crippen MR) is 99.3 cm³/mol. The highest BCUT2D eigenvalue weighted by Gasteiger charge is 2.18. The first-order valence-electron chi connectivity index (χ1n) is 8.30. The van der Waals surface area contributed by atoms with Crippen LogP contribution in [0.25, 0.3) is 28.5 Å². The Hall–Kier alpha value is -3.81. The van der Waals surface area contributed by atoms with Gasteiger partial charge in [0.15, 0.2) is 17.1 Å². The molecule has 140 valence electrons. The molecular weight excluding hydrogens is 366 g/mol. The van der Waals surface area contributed by atoms with Crippen molar-refractivity contribution >= 4 is 0 Å². The van der Waals surface area contributed by atoms with Crippen molar-refractivity contribution in [1.82, 2.24) is 19.7 Å². The Bertz CT molecular complexity index is 1220. The normalized spacial score (nSPS) is 10.8. The summed E-state index contributed by atoms with van der Waals surface area (Å²) in [5.74, 6) is -0.314. The number of hydrogen-bond acceptors (Lipinski definition) is 4. The summed E-state index contributed by atoms with van der Waals surface area (Å²) in [4.78, 5) is 19.6. The molecule has 0 fully saturated rings. The van der Waals surface area contributed by atoms with Crippen LogP contribution in [0.2, 0.25) is 0 Å². The van der Waals surface area contributed by atoms with E-state index in [0.717, 1.165) is 0 Å². The summed E-state index contributed by atoms with van der Waals surface area (Å²) in [5, 5.41) is 4.39. The van der Waals surface area contributed by atoms with Gasteiger partial charge in [-0.25, -0.2) is 18.4 Å². The lowest BCUT2D eigenvalue weighted by Crippen LogP contribution is -2.08. The molecule has 0 spiro atoms. The van der Waals surface area contributed by atoms with Gasteiger partial charge in [0.1, 0.15) is 17.4 Å². The lowest BCUT2D eigenvalue weighted by molar-refractivity contribution is 0.411. The Kier molecular flexibility index (Phi) is 4.44. The molecule has 0 aliphatic carbocycles. The van der Waals surface area contributed by atoms with Crippen molar-refractivity contribution in [2.24, 2.45) is 0 Å². The SMILES string of the molecule is COc1cc(F)cc(-n2nc(-c3cccc(F)c3)nc2-c2c[nH]ccc2=O)c1. The molecular formula is C20H14F2N4O2. The third-order valence-electron chi connectivity index (χ3n) is 4.09. The minimum atomic E-state index is -0.537. The molecule has 28 heavy (non-hydrogen) atoms. The molecule has 0 unspecified atom stereocenters. The molecule has 2 aromatic carbocycles. The van der Waals surface area contributed by atoms with Gasteiger partial charge >= 0.3 is 0 Å².